The van der Waals surface area contributed by atoms with E-state index in [0.29, 0.717) is 12.7 Å². The Morgan fingerprint density at radius 3 is 3.00 bits per heavy atom. The second kappa shape index (κ2) is 5.53. The van der Waals surface area contributed by atoms with Crippen LogP contribution in [0, 0.1) is 0 Å². The van der Waals surface area contributed by atoms with Gasteiger partial charge in [-0.2, -0.15) is 0 Å². The van der Waals surface area contributed by atoms with Crippen LogP contribution in [0.1, 0.15) is 23.7 Å². The van der Waals surface area contributed by atoms with Crippen LogP contribution in [0.2, 0.25) is 0 Å². The van der Waals surface area contributed by atoms with Crippen molar-refractivity contribution in [2.75, 3.05) is 19.9 Å². The third-order valence-electron chi connectivity index (χ3n) is 4.91. The highest BCUT2D eigenvalue weighted by atomic mass is 16.7. The van der Waals surface area contributed by atoms with Gasteiger partial charge < -0.3 is 14.5 Å². The molecule has 0 aliphatic carbocycles. The SMILES string of the molecule is c1ccc2[nH]c(C3CCN(Cc4ccc5c(c4)OCO5)C3)nc2c1. The zero-order valence-electron chi connectivity index (χ0n) is 13.4. The fraction of sp³-hybridized carbons (Fsp3) is 0.316. The molecule has 5 heteroatoms. The number of aromatic nitrogens is 2. The number of ether oxygens (including phenoxy) is 2. The van der Waals surface area contributed by atoms with Crippen LogP contribution >= 0.6 is 0 Å². The Hall–Kier alpha value is -2.53. The summed E-state index contributed by atoms with van der Waals surface area (Å²) in [7, 11) is 0. The molecule has 3 aromatic rings. The third kappa shape index (κ3) is 2.41. The first kappa shape index (κ1) is 13.9. The van der Waals surface area contributed by atoms with Crippen molar-refractivity contribution in [1.29, 1.82) is 0 Å². The van der Waals surface area contributed by atoms with Gasteiger partial charge in [0.25, 0.3) is 0 Å². The summed E-state index contributed by atoms with van der Waals surface area (Å²) in [6.07, 6.45) is 1.14. The van der Waals surface area contributed by atoms with E-state index >= 15 is 0 Å². The first-order chi connectivity index (χ1) is 11.8. The number of rotatable bonds is 3. The van der Waals surface area contributed by atoms with Crippen molar-refractivity contribution in [3.05, 3.63) is 53.9 Å². The summed E-state index contributed by atoms with van der Waals surface area (Å²) in [6, 6.07) is 14.5. The maximum absolute atomic E-state index is 5.47. The van der Waals surface area contributed by atoms with E-state index in [1.54, 1.807) is 0 Å². The van der Waals surface area contributed by atoms with Gasteiger partial charge in [-0.05, 0) is 42.8 Å². The summed E-state index contributed by atoms with van der Waals surface area (Å²) in [5.41, 5.74) is 3.45. The van der Waals surface area contributed by atoms with Crippen LogP contribution in [0.3, 0.4) is 0 Å². The van der Waals surface area contributed by atoms with Crippen molar-refractivity contribution in [1.82, 2.24) is 14.9 Å². The molecule has 5 rings (SSSR count). The van der Waals surface area contributed by atoms with Gasteiger partial charge in [-0.1, -0.05) is 18.2 Å². The predicted octanol–water partition coefficient (Wildman–Crippen LogP) is 3.28. The molecule has 2 aromatic carbocycles. The van der Waals surface area contributed by atoms with Crippen molar-refractivity contribution >= 4 is 11.0 Å². The maximum atomic E-state index is 5.47. The Bertz CT molecular complexity index is 856. The Kier molecular flexibility index (Phi) is 3.19. The Labute approximate surface area is 140 Å². The molecule has 1 atom stereocenters. The number of aromatic amines is 1. The number of H-pyrrole nitrogens is 1. The minimum absolute atomic E-state index is 0.330. The molecule has 24 heavy (non-hydrogen) atoms. The summed E-state index contributed by atoms with van der Waals surface area (Å²) in [5.74, 6) is 3.30. The molecule has 0 bridgehead atoms. The highest BCUT2D eigenvalue weighted by Crippen LogP contribution is 2.34. The van der Waals surface area contributed by atoms with Gasteiger partial charge in [0.2, 0.25) is 6.79 Å². The van der Waals surface area contributed by atoms with Crippen LogP contribution in [0.4, 0.5) is 0 Å². The Morgan fingerprint density at radius 2 is 2.04 bits per heavy atom. The molecule has 1 aromatic heterocycles. The second-order valence-corrected chi connectivity index (χ2v) is 6.55. The highest BCUT2D eigenvalue weighted by molar-refractivity contribution is 5.74. The molecule has 3 heterocycles. The molecule has 1 saturated heterocycles. The van der Waals surface area contributed by atoms with Crippen LogP contribution in [0.25, 0.3) is 11.0 Å². The minimum atomic E-state index is 0.330. The fourth-order valence-electron chi connectivity index (χ4n) is 3.66. The fourth-order valence-corrected chi connectivity index (χ4v) is 3.66. The second-order valence-electron chi connectivity index (χ2n) is 6.55. The molecular weight excluding hydrogens is 302 g/mol. The van der Waals surface area contributed by atoms with Crippen molar-refractivity contribution < 1.29 is 9.47 Å². The van der Waals surface area contributed by atoms with E-state index in [0.717, 1.165) is 54.4 Å². The predicted molar refractivity (Wildman–Crippen MR) is 91.3 cm³/mol. The van der Waals surface area contributed by atoms with Gasteiger partial charge in [-0.25, -0.2) is 4.98 Å². The molecule has 1 N–H and O–H groups in total. The van der Waals surface area contributed by atoms with E-state index in [4.69, 9.17) is 14.5 Å². The highest BCUT2D eigenvalue weighted by Gasteiger charge is 2.26. The molecule has 0 radical (unpaired) electrons. The van der Waals surface area contributed by atoms with Gasteiger partial charge in [0, 0.05) is 19.0 Å². The van der Waals surface area contributed by atoms with Crippen LogP contribution in [-0.2, 0) is 6.54 Å². The number of likely N-dealkylation sites (tertiary alicyclic amines) is 1. The molecule has 122 valence electrons. The lowest BCUT2D eigenvalue weighted by Crippen LogP contribution is -2.19. The molecule has 1 unspecified atom stereocenters. The van der Waals surface area contributed by atoms with Crippen molar-refractivity contribution in [2.45, 2.75) is 18.9 Å². The number of nitrogens with one attached hydrogen (secondary N) is 1. The van der Waals surface area contributed by atoms with E-state index in [2.05, 4.69) is 34.1 Å². The monoisotopic (exact) mass is 321 g/mol. The van der Waals surface area contributed by atoms with Gasteiger partial charge >= 0.3 is 0 Å². The number of para-hydroxylation sites is 2. The Balaban J connectivity index is 1.30. The van der Waals surface area contributed by atoms with E-state index in [1.807, 2.05) is 18.2 Å². The lowest BCUT2D eigenvalue weighted by molar-refractivity contribution is 0.174. The molecule has 1 fully saturated rings. The summed E-state index contributed by atoms with van der Waals surface area (Å²) in [6.45, 7) is 3.40. The molecule has 2 aliphatic heterocycles. The number of hydrogen-bond donors (Lipinski definition) is 1. The van der Waals surface area contributed by atoms with Crippen LogP contribution in [0.15, 0.2) is 42.5 Å². The van der Waals surface area contributed by atoms with E-state index in [-0.39, 0.29) is 0 Å². The summed E-state index contributed by atoms with van der Waals surface area (Å²) >= 11 is 0. The standard InChI is InChI=1S/C19H19N3O2/c1-2-4-16-15(3-1)20-19(21-16)14-7-8-22(11-14)10-13-5-6-17-18(9-13)24-12-23-17/h1-6,9,14H,7-8,10-12H2,(H,20,21). The normalized spacial score (nSPS) is 20.1. The molecule has 0 amide bonds. The van der Waals surface area contributed by atoms with Gasteiger partial charge in [0.05, 0.1) is 11.0 Å². The lowest BCUT2D eigenvalue weighted by Gasteiger charge is -2.15. The number of fused-ring (bicyclic) bond motifs is 2. The first-order valence-corrected chi connectivity index (χ1v) is 8.41. The van der Waals surface area contributed by atoms with Crippen LogP contribution in [-0.4, -0.2) is 34.8 Å². The molecule has 5 nitrogen and oxygen atoms in total. The van der Waals surface area contributed by atoms with Gasteiger partial charge in [-0.3, -0.25) is 4.90 Å². The van der Waals surface area contributed by atoms with Crippen molar-refractivity contribution in [2.24, 2.45) is 0 Å². The number of imidazole rings is 1. The van der Waals surface area contributed by atoms with Crippen LogP contribution in [0.5, 0.6) is 11.5 Å². The maximum Gasteiger partial charge on any atom is 0.231 e. The summed E-state index contributed by atoms with van der Waals surface area (Å²) in [4.78, 5) is 10.7. The zero-order chi connectivity index (χ0) is 15.9. The molecule has 0 spiro atoms. The summed E-state index contributed by atoms with van der Waals surface area (Å²) < 4.78 is 10.9. The van der Waals surface area contributed by atoms with Crippen LogP contribution < -0.4 is 9.47 Å². The van der Waals surface area contributed by atoms with Gasteiger partial charge in [-0.15, -0.1) is 0 Å². The summed E-state index contributed by atoms with van der Waals surface area (Å²) in [5, 5.41) is 0. The van der Waals surface area contributed by atoms with E-state index in [1.165, 1.54) is 5.56 Å². The molecule has 2 aliphatic rings. The van der Waals surface area contributed by atoms with E-state index in [9.17, 15) is 0 Å². The van der Waals surface area contributed by atoms with E-state index < -0.39 is 0 Å². The minimum Gasteiger partial charge on any atom is -0.454 e. The topological polar surface area (TPSA) is 50.4 Å². The molecular formula is C19H19N3O2. The number of hydrogen-bond acceptors (Lipinski definition) is 4. The Morgan fingerprint density at radius 1 is 1.12 bits per heavy atom. The smallest absolute Gasteiger partial charge is 0.231 e. The van der Waals surface area contributed by atoms with Crippen molar-refractivity contribution in [3.8, 4) is 11.5 Å². The quantitative estimate of drug-likeness (QED) is 0.804. The largest absolute Gasteiger partial charge is 0.454 e. The number of nitrogens with zero attached hydrogens (tertiary/aromatic N) is 2. The average Bonchev–Trinajstić information content (AvgIpc) is 3.33. The molecule has 0 saturated carbocycles. The van der Waals surface area contributed by atoms with Gasteiger partial charge in [0.1, 0.15) is 5.82 Å². The first-order valence-electron chi connectivity index (χ1n) is 8.41. The lowest BCUT2D eigenvalue weighted by atomic mass is 10.1. The zero-order valence-corrected chi connectivity index (χ0v) is 13.4. The van der Waals surface area contributed by atoms with Crippen molar-refractivity contribution in [3.63, 3.8) is 0 Å². The number of benzene rings is 2. The van der Waals surface area contributed by atoms with Gasteiger partial charge in [0.15, 0.2) is 11.5 Å². The third-order valence-corrected chi connectivity index (χ3v) is 4.91. The average molecular weight is 321 g/mol.